The maximum absolute atomic E-state index is 12.4. The maximum atomic E-state index is 12.4. The first-order valence-corrected chi connectivity index (χ1v) is 7.46. The summed E-state index contributed by atoms with van der Waals surface area (Å²) in [6, 6.07) is 7.66. The Hall–Kier alpha value is -1.59. The predicted molar refractivity (Wildman–Crippen MR) is 81.3 cm³/mol. The Morgan fingerprint density at radius 1 is 1.33 bits per heavy atom. The smallest absolute Gasteiger partial charge is 0.227 e. The minimum atomic E-state index is 0.150. The van der Waals surface area contributed by atoms with Gasteiger partial charge >= 0.3 is 0 Å². The number of nitrogens with zero attached hydrogens (tertiary/aromatic N) is 1. The van der Waals surface area contributed by atoms with Gasteiger partial charge in [-0.15, -0.1) is 0 Å². The van der Waals surface area contributed by atoms with Crippen LogP contribution in [0.25, 0.3) is 0 Å². The lowest BCUT2D eigenvalue weighted by Gasteiger charge is -2.32. The molecule has 0 bridgehead atoms. The normalized spacial score (nSPS) is 16.0. The highest BCUT2D eigenvalue weighted by atomic mass is 16.5. The number of hydrogen-bond acceptors (Lipinski definition) is 4. The minimum Gasteiger partial charge on any atom is -0.496 e. The van der Waals surface area contributed by atoms with Crippen LogP contribution in [-0.2, 0) is 16.0 Å². The highest BCUT2D eigenvalue weighted by molar-refractivity contribution is 5.79. The third-order valence-corrected chi connectivity index (χ3v) is 3.80. The molecule has 2 rings (SSSR count). The third kappa shape index (κ3) is 4.44. The summed E-state index contributed by atoms with van der Waals surface area (Å²) in [6.07, 6.45) is 2.40. The van der Waals surface area contributed by atoms with E-state index in [0.29, 0.717) is 19.6 Å². The molecule has 1 aliphatic heterocycles. The van der Waals surface area contributed by atoms with Gasteiger partial charge in [-0.1, -0.05) is 18.2 Å². The third-order valence-electron chi connectivity index (χ3n) is 3.80. The number of hydrogen-bond donors (Lipinski definition) is 1. The molecule has 1 fully saturated rings. The monoisotopic (exact) mass is 292 g/mol. The fourth-order valence-corrected chi connectivity index (χ4v) is 2.63. The molecule has 0 aromatic heterocycles. The number of rotatable bonds is 6. The lowest BCUT2D eigenvalue weighted by molar-refractivity contribution is -0.133. The quantitative estimate of drug-likeness (QED) is 0.856. The van der Waals surface area contributed by atoms with E-state index in [4.69, 9.17) is 15.2 Å². The van der Waals surface area contributed by atoms with Gasteiger partial charge in [0, 0.05) is 25.2 Å². The van der Waals surface area contributed by atoms with E-state index in [0.717, 1.165) is 37.2 Å². The zero-order chi connectivity index (χ0) is 15.1. The lowest BCUT2D eigenvalue weighted by Crippen LogP contribution is -2.41. The van der Waals surface area contributed by atoms with Gasteiger partial charge in [-0.2, -0.15) is 0 Å². The van der Waals surface area contributed by atoms with Crippen LogP contribution >= 0.6 is 0 Å². The molecular weight excluding hydrogens is 268 g/mol. The Bertz CT molecular complexity index is 457. The molecule has 0 aliphatic carbocycles. The van der Waals surface area contributed by atoms with E-state index in [9.17, 15) is 4.79 Å². The van der Waals surface area contributed by atoms with Crippen LogP contribution in [0.2, 0.25) is 0 Å². The van der Waals surface area contributed by atoms with E-state index in [1.165, 1.54) is 0 Å². The van der Waals surface area contributed by atoms with Crippen LogP contribution in [0.5, 0.6) is 5.75 Å². The Morgan fingerprint density at radius 2 is 2.05 bits per heavy atom. The molecule has 21 heavy (non-hydrogen) atoms. The largest absolute Gasteiger partial charge is 0.496 e. The average molecular weight is 292 g/mol. The summed E-state index contributed by atoms with van der Waals surface area (Å²) in [6.45, 7) is 2.65. The van der Waals surface area contributed by atoms with Gasteiger partial charge in [-0.25, -0.2) is 0 Å². The zero-order valence-corrected chi connectivity index (χ0v) is 12.6. The van der Waals surface area contributed by atoms with Crippen LogP contribution in [0.3, 0.4) is 0 Å². The predicted octanol–water partition coefficient (Wildman–Crippen LogP) is 1.20. The van der Waals surface area contributed by atoms with Crippen LogP contribution in [-0.4, -0.2) is 50.3 Å². The van der Waals surface area contributed by atoms with Gasteiger partial charge in [0.25, 0.3) is 0 Å². The molecule has 2 N–H and O–H groups in total. The minimum absolute atomic E-state index is 0.150. The standard InChI is InChI=1S/C16H24N2O3/c1-20-15-5-3-2-4-13(15)12-16(19)18-9-6-14(7-10-18)21-11-8-17/h2-5,14H,6-12,17H2,1H3. The molecule has 1 aromatic carbocycles. The number of nitrogens with two attached hydrogens (primary N) is 1. The number of amides is 1. The number of piperidine rings is 1. The zero-order valence-electron chi connectivity index (χ0n) is 12.6. The molecule has 116 valence electrons. The fourth-order valence-electron chi connectivity index (χ4n) is 2.63. The molecular formula is C16H24N2O3. The van der Waals surface area contributed by atoms with Crippen molar-refractivity contribution >= 4 is 5.91 Å². The van der Waals surface area contributed by atoms with E-state index < -0.39 is 0 Å². The van der Waals surface area contributed by atoms with Gasteiger partial charge in [0.05, 0.1) is 26.2 Å². The second-order valence-corrected chi connectivity index (χ2v) is 5.23. The number of carbonyl (C=O) groups is 1. The summed E-state index contributed by atoms with van der Waals surface area (Å²) in [4.78, 5) is 14.3. The van der Waals surface area contributed by atoms with Crippen molar-refractivity contribution in [3.8, 4) is 5.75 Å². The molecule has 1 heterocycles. The summed E-state index contributed by atoms with van der Waals surface area (Å²) in [5, 5.41) is 0. The Labute approximate surface area is 126 Å². The molecule has 1 amide bonds. The Kier molecular flexibility index (Phi) is 6.02. The number of ether oxygens (including phenoxy) is 2. The van der Waals surface area contributed by atoms with Crippen molar-refractivity contribution in [1.82, 2.24) is 4.90 Å². The molecule has 0 saturated carbocycles. The number of carbonyl (C=O) groups excluding carboxylic acids is 1. The van der Waals surface area contributed by atoms with Gasteiger partial charge in [0.2, 0.25) is 5.91 Å². The van der Waals surface area contributed by atoms with Crippen LogP contribution < -0.4 is 10.5 Å². The topological polar surface area (TPSA) is 64.8 Å². The summed E-state index contributed by atoms with van der Waals surface area (Å²) in [5.74, 6) is 0.920. The van der Waals surface area contributed by atoms with Crippen LogP contribution in [0, 0.1) is 0 Å². The lowest BCUT2D eigenvalue weighted by atomic mass is 10.1. The van der Waals surface area contributed by atoms with E-state index in [1.807, 2.05) is 29.2 Å². The molecule has 5 heteroatoms. The Morgan fingerprint density at radius 3 is 2.71 bits per heavy atom. The molecule has 0 unspecified atom stereocenters. The molecule has 5 nitrogen and oxygen atoms in total. The second kappa shape index (κ2) is 8.00. The first-order chi connectivity index (χ1) is 10.2. The maximum Gasteiger partial charge on any atom is 0.227 e. The molecule has 1 saturated heterocycles. The number of benzene rings is 1. The van der Waals surface area contributed by atoms with E-state index in [2.05, 4.69) is 0 Å². The van der Waals surface area contributed by atoms with E-state index in [1.54, 1.807) is 7.11 Å². The van der Waals surface area contributed by atoms with E-state index >= 15 is 0 Å². The molecule has 0 spiro atoms. The van der Waals surface area contributed by atoms with Gasteiger partial charge < -0.3 is 20.1 Å². The van der Waals surface area contributed by atoms with Crippen molar-refractivity contribution in [2.45, 2.75) is 25.4 Å². The summed E-state index contributed by atoms with van der Waals surface area (Å²) in [7, 11) is 1.63. The van der Waals surface area contributed by atoms with Crippen LogP contribution in [0.15, 0.2) is 24.3 Å². The highest BCUT2D eigenvalue weighted by Crippen LogP contribution is 2.20. The van der Waals surface area contributed by atoms with E-state index in [-0.39, 0.29) is 12.0 Å². The van der Waals surface area contributed by atoms with Gasteiger partial charge in [-0.3, -0.25) is 4.79 Å². The van der Waals surface area contributed by atoms with Gasteiger partial charge in [0.1, 0.15) is 5.75 Å². The fraction of sp³-hybridized carbons (Fsp3) is 0.562. The van der Waals surface area contributed by atoms with Crippen molar-refractivity contribution in [2.24, 2.45) is 5.73 Å². The summed E-state index contributed by atoms with van der Waals surface area (Å²) in [5.41, 5.74) is 6.37. The molecule has 0 radical (unpaired) electrons. The van der Waals surface area contributed by atoms with Gasteiger partial charge in [-0.05, 0) is 18.9 Å². The first kappa shape index (κ1) is 15.8. The second-order valence-electron chi connectivity index (χ2n) is 5.23. The van der Waals surface area contributed by atoms with Crippen molar-refractivity contribution in [3.05, 3.63) is 29.8 Å². The number of methoxy groups -OCH3 is 1. The van der Waals surface area contributed by atoms with Crippen molar-refractivity contribution < 1.29 is 14.3 Å². The number of likely N-dealkylation sites (tertiary alicyclic amines) is 1. The van der Waals surface area contributed by atoms with Crippen molar-refractivity contribution in [3.63, 3.8) is 0 Å². The molecule has 0 atom stereocenters. The SMILES string of the molecule is COc1ccccc1CC(=O)N1CCC(OCCN)CC1. The van der Waals surface area contributed by atoms with Crippen LogP contribution in [0.4, 0.5) is 0 Å². The molecule has 1 aliphatic rings. The highest BCUT2D eigenvalue weighted by Gasteiger charge is 2.23. The number of para-hydroxylation sites is 1. The first-order valence-electron chi connectivity index (χ1n) is 7.46. The van der Waals surface area contributed by atoms with Gasteiger partial charge in [0.15, 0.2) is 0 Å². The van der Waals surface area contributed by atoms with Crippen molar-refractivity contribution in [2.75, 3.05) is 33.4 Å². The summed E-state index contributed by atoms with van der Waals surface area (Å²) < 4.78 is 10.9. The Balaban J connectivity index is 1.85. The van der Waals surface area contributed by atoms with Crippen molar-refractivity contribution in [1.29, 1.82) is 0 Å². The average Bonchev–Trinajstić information content (AvgIpc) is 2.54. The molecule has 1 aromatic rings. The van der Waals surface area contributed by atoms with Crippen LogP contribution in [0.1, 0.15) is 18.4 Å². The summed E-state index contributed by atoms with van der Waals surface area (Å²) >= 11 is 0.